The van der Waals surface area contributed by atoms with Gasteiger partial charge in [0.05, 0.1) is 25.5 Å². The van der Waals surface area contributed by atoms with Gasteiger partial charge in [-0.3, -0.25) is 0 Å². The number of rotatable bonds is 6. The van der Waals surface area contributed by atoms with Crippen molar-refractivity contribution in [2.24, 2.45) is 5.92 Å². The molecule has 0 bridgehead atoms. The lowest BCUT2D eigenvalue weighted by atomic mass is 9.90. The number of methoxy groups -OCH3 is 1. The summed E-state index contributed by atoms with van der Waals surface area (Å²) in [5, 5.41) is 0. The van der Waals surface area contributed by atoms with Crippen molar-refractivity contribution in [1.29, 1.82) is 0 Å². The molecule has 5 heteroatoms. The molecule has 0 aliphatic carbocycles. The van der Waals surface area contributed by atoms with Crippen LogP contribution < -0.4 is 4.90 Å². The zero-order valence-corrected chi connectivity index (χ0v) is 16.9. The molecule has 1 aromatic heterocycles. The van der Waals surface area contributed by atoms with Crippen LogP contribution in [0.25, 0.3) is 0 Å². The average Bonchev–Trinajstić information content (AvgIpc) is 2.98. The third kappa shape index (κ3) is 4.70. The Morgan fingerprint density at radius 2 is 1.86 bits per heavy atom. The van der Waals surface area contributed by atoms with Crippen LogP contribution in [0.5, 0.6) is 0 Å². The zero-order valence-electron chi connectivity index (χ0n) is 16.9. The number of piperidine rings is 1. The van der Waals surface area contributed by atoms with Crippen molar-refractivity contribution in [1.82, 2.24) is 9.97 Å². The Labute approximate surface area is 168 Å². The van der Waals surface area contributed by atoms with Crippen LogP contribution in [0, 0.1) is 5.92 Å². The van der Waals surface area contributed by atoms with Gasteiger partial charge in [0.25, 0.3) is 0 Å². The number of nitrogens with zero attached hydrogens (tertiary/aromatic N) is 3. The van der Waals surface area contributed by atoms with E-state index >= 15 is 0 Å². The molecule has 1 aromatic carbocycles. The maximum absolute atomic E-state index is 5.71. The maximum atomic E-state index is 5.71. The van der Waals surface area contributed by atoms with E-state index in [1.54, 1.807) is 7.11 Å². The van der Waals surface area contributed by atoms with Gasteiger partial charge in [-0.15, -0.1) is 0 Å². The molecule has 0 N–H and O–H groups in total. The molecule has 0 spiro atoms. The molecule has 0 atom stereocenters. The van der Waals surface area contributed by atoms with Gasteiger partial charge < -0.3 is 14.4 Å². The number of anilines is 1. The fraction of sp³-hybridized carbons (Fsp3) is 0.565. The van der Waals surface area contributed by atoms with Crippen LogP contribution in [-0.2, 0) is 35.2 Å². The first-order valence-electron chi connectivity index (χ1n) is 10.6. The van der Waals surface area contributed by atoms with E-state index < -0.39 is 0 Å². The van der Waals surface area contributed by atoms with Crippen molar-refractivity contribution in [2.75, 3.05) is 44.9 Å². The van der Waals surface area contributed by atoms with Crippen molar-refractivity contribution >= 4 is 5.82 Å². The fourth-order valence-electron chi connectivity index (χ4n) is 4.34. The molecule has 28 heavy (non-hydrogen) atoms. The number of benzene rings is 1. The average molecular weight is 382 g/mol. The minimum atomic E-state index is 0.661. The van der Waals surface area contributed by atoms with Crippen molar-refractivity contribution in [3.8, 4) is 0 Å². The van der Waals surface area contributed by atoms with Gasteiger partial charge in [0, 0.05) is 45.0 Å². The van der Waals surface area contributed by atoms with Gasteiger partial charge in [-0.2, -0.15) is 0 Å². The van der Waals surface area contributed by atoms with Gasteiger partial charge in [0.15, 0.2) is 0 Å². The predicted octanol–water partition coefficient (Wildman–Crippen LogP) is 3.24. The van der Waals surface area contributed by atoms with E-state index in [1.807, 2.05) is 0 Å². The molecule has 0 unspecified atom stereocenters. The molecule has 1 fully saturated rings. The molecule has 0 radical (unpaired) electrons. The summed E-state index contributed by atoms with van der Waals surface area (Å²) < 4.78 is 11.0. The molecular formula is C23H31N3O2. The summed E-state index contributed by atoms with van der Waals surface area (Å²) in [5.41, 5.74) is 3.94. The molecule has 0 amide bonds. The molecule has 2 aliphatic heterocycles. The topological polar surface area (TPSA) is 47.5 Å². The van der Waals surface area contributed by atoms with Crippen LogP contribution >= 0.6 is 0 Å². The first-order chi connectivity index (χ1) is 13.8. The fourth-order valence-corrected chi connectivity index (χ4v) is 4.34. The second kappa shape index (κ2) is 9.48. The summed E-state index contributed by atoms with van der Waals surface area (Å²) in [5.74, 6) is 2.82. The quantitative estimate of drug-likeness (QED) is 0.769. The van der Waals surface area contributed by atoms with Gasteiger partial charge in [-0.25, -0.2) is 9.97 Å². The van der Waals surface area contributed by atoms with Crippen LogP contribution in [0.15, 0.2) is 30.3 Å². The molecule has 150 valence electrons. The van der Waals surface area contributed by atoms with Crippen molar-refractivity contribution in [3.05, 3.63) is 53.0 Å². The highest BCUT2D eigenvalue weighted by Crippen LogP contribution is 2.29. The summed E-state index contributed by atoms with van der Waals surface area (Å²) in [6.45, 7) is 4.34. The third-order valence-corrected chi connectivity index (χ3v) is 5.91. The van der Waals surface area contributed by atoms with Gasteiger partial charge >= 0.3 is 0 Å². The first-order valence-corrected chi connectivity index (χ1v) is 10.6. The van der Waals surface area contributed by atoms with Crippen molar-refractivity contribution in [3.63, 3.8) is 0 Å². The van der Waals surface area contributed by atoms with Gasteiger partial charge in [-0.05, 0) is 30.7 Å². The molecule has 1 saturated heterocycles. The standard InChI is InChI=1S/C23H31N3O2/c1-27-14-11-22-24-21-10-16-28-15-9-20(21)23(25-22)26-12-7-19(8-13-26)17-18-5-3-2-4-6-18/h2-6,19H,7-17H2,1H3. The van der Waals surface area contributed by atoms with E-state index in [0.717, 1.165) is 63.1 Å². The summed E-state index contributed by atoms with van der Waals surface area (Å²) in [6.07, 6.45) is 6.19. The first kappa shape index (κ1) is 19.3. The Bertz CT molecular complexity index is 758. The molecule has 4 rings (SSSR count). The van der Waals surface area contributed by atoms with Crippen LogP contribution in [0.3, 0.4) is 0 Å². The van der Waals surface area contributed by atoms with E-state index in [9.17, 15) is 0 Å². The molecule has 2 aliphatic rings. The lowest BCUT2D eigenvalue weighted by Crippen LogP contribution is -2.36. The molecule has 3 heterocycles. The lowest BCUT2D eigenvalue weighted by Gasteiger charge is -2.34. The van der Waals surface area contributed by atoms with Gasteiger partial charge in [-0.1, -0.05) is 30.3 Å². The molecular weight excluding hydrogens is 350 g/mol. The zero-order chi connectivity index (χ0) is 19.2. The van der Waals surface area contributed by atoms with Crippen LogP contribution in [0.1, 0.15) is 35.5 Å². The molecule has 5 nitrogen and oxygen atoms in total. The van der Waals surface area contributed by atoms with E-state index in [2.05, 4.69) is 35.2 Å². The summed E-state index contributed by atoms with van der Waals surface area (Å²) in [4.78, 5) is 12.3. The van der Waals surface area contributed by atoms with E-state index in [4.69, 9.17) is 19.4 Å². The minimum absolute atomic E-state index is 0.661. The number of hydrogen-bond acceptors (Lipinski definition) is 5. The smallest absolute Gasteiger partial charge is 0.135 e. The Kier molecular flexibility index (Phi) is 6.55. The predicted molar refractivity (Wildman–Crippen MR) is 111 cm³/mol. The maximum Gasteiger partial charge on any atom is 0.135 e. The number of ether oxygens (including phenoxy) is 2. The Balaban J connectivity index is 1.48. The van der Waals surface area contributed by atoms with E-state index in [-0.39, 0.29) is 0 Å². The second-order valence-corrected chi connectivity index (χ2v) is 7.86. The van der Waals surface area contributed by atoms with E-state index in [0.29, 0.717) is 6.61 Å². The number of hydrogen-bond donors (Lipinski definition) is 0. The second-order valence-electron chi connectivity index (χ2n) is 7.86. The number of fused-ring (bicyclic) bond motifs is 1. The molecule has 2 aromatic rings. The highest BCUT2D eigenvalue weighted by molar-refractivity contribution is 5.50. The van der Waals surface area contributed by atoms with Crippen molar-refractivity contribution < 1.29 is 9.47 Å². The lowest BCUT2D eigenvalue weighted by molar-refractivity contribution is 0.146. The highest BCUT2D eigenvalue weighted by Gasteiger charge is 2.25. The van der Waals surface area contributed by atoms with Crippen LogP contribution in [0.4, 0.5) is 5.82 Å². The third-order valence-electron chi connectivity index (χ3n) is 5.91. The summed E-state index contributed by atoms with van der Waals surface area (Å²) >= 11 is 0. The minimum Gasteiger partial charge on any atom is -0.384 e. The highest BCUT2D eigenvalue weighted by atomic mass is 16.5. The van der Waals surface area contributed by atoms with Gasteiger partial charge in [0.1, 0.15) is 11.6 Å². The van der Waals surface area contributed by atoms with Gasteiger partial charge in [0.2, 0.25) is 0 Å². The number of aromatic nitrogens is 2. The Morgan fingerprint density at radius 1 is 1.07 bits per heavy atom. The summed E-state index contributed by atoms with van der Waals surface area (Å²) in [7, 11) is 1.73. The largest absolute Gasteiger partial charge is 0.384 e. The van der Waals surface area contributed by atoms with Crippen LogP contribution in [-0.4, -0.2) is 50.0 Å². The molecule has 0 saturated carbocycles. The SMILES string of the molecule is COCCc1nc2c(c(N3CCC(Cc4ccccc4)CC3)n1)CCOCC2. The summed E-state index contributed by atoms with van der Waals surface area (Å²) in [6, 6.07) is 10.9. The Morgan fingerprint density at radius 3 is 2.64 bits per heavy atom. The van der Waals surface area contributed by atoms with Crippen LogP contribution in [0.2, 0.25) is 0 Å². The Hall–Kier alpha value is -1.98. The van der Waals surface area contributed by atoms with Crippen molar-refractivity contribution in [2.45, 2.75) is 38.5 Å². The van der Waals surface area contributed by atoms with E-state index in [1.165, 1.54) is 36.1 Å². The normalized spacial score (nSPS) is 18.0. The monoisotopic (exact) mass is 381 g/mol.